The summed E-state index contributed by atoms with van der Waals surface area (Å²) in [5.74, 6) is -2.54. The summed E-state index contributed by atoms with van der Waals surface area (Å²) >= 11 is 0.713. The van der Waals surface area contributed by atoms with Gasteiger partial charge in [-0.2, -0.15) is 4.37 Å². The van der Waals surface area contributed by atoms with Gasteiger partial charge in [0.15, 0.2) is 5.69 Å². The maximum Gasteiger partial charge on any atom is 0.273 e. The van der Waals surface area contributed by atoms with Crippen LogP contribution in [-0.4, -0.2) is 42.4 Å². The lowest BCUT2D eigenvalue weighted by atomic mass is 10.0. The molecule has 0 spiro atoms. The van der Waals surface area contributed by atoms with Gasteiger partial charge in [-0.25, -0.2) is 4.39 Å². The van der Waals surface area contributed by atoms with Crippen LogP contribution < -0.4 is 21.7 Å². The molecular weight excluding hydrogens is 473 g/mol. The van der Waals surface area contributed by atoms with Crippen LogP contribution in [0.25, 0.3) is 0 Å². The summed E-state index contributed by atoms with van der Waals surface area (Å²) < 4.78 is 22.7. The number of hydrogen-bond acceptors (Lipinski definition) is 7. The zero-order valence-corrected chi connectivity index (χ0v) is 20.3. The number of nitrogens with zero attached hydrogens (tertiary/aromatic N) is 2. The molecule has 0 bridgehead atoms. The van der Waals surface area contributed by atoms with E-state index in [9.17, 15) is 18.8 Å². The van der Waals surface area contributed by atoms with Crippen LogP contribution in [0.2, 0.25) is 0 Å². The minimum Gasteiger partial charge on any atom is -0.395 e. The van der Waals surface area contributed by atoms with E-state index in [0.717, 1.165) is 11.1 Å². The number of methoxy groups -OCH3 is 1. The molecule has 3 rings (SSSR count). The van der Waals surface area contributed by atoms with Crippen molar-refractivity contribution in [2.45, 2.75) is 19.9 Å². The number of primary amides is 1. The molecule has 0 unspecified atom stereocenters. The van der Waals surface area contributed by atoms with Gasteiger partial charge in [0.1, 0.15) is 16.7 Å². The predicted octanol–water partition coefficient (Wildman–Crippen LogP) is 2.73. The Morgan fingerprint density at radius 2 is 1.77 bits per heavy atom. The van der Waals surface area contributed by atoms with Gasteiger partial charge >= 0.3 is 0 Å². The van der Waals surface area contributed by atoms with Gasteiger partial charge in [0, 0.05) is 19.3 Å². The summed E-state index contributed by atoms with van der Waals surface area (Å²) in [4.78, 5) is 40.3. The molecule has 0 aliphatic heterocycles. The molecule has 0 aliphatic carbocycles. The number of ether oxygens (including phenoxy) is 1. The molecule has 0 saturated carbocycles. The molecule has 1 heterocycles. The fraction of sp³-hybridized carbons (Fsp3) is 0.250. The molecular formula is C24H26FN5O4S. The summed E-state index contributed by atoms with van der Waals surface area (Å²) in [5.41, 5.74) is 13.5. The predicted molar refractivity (Wildman–Crippen MR) is 132 cm³/mol. The molecule has 0 radical (unpaired) electrons. The number of rotatable bonds is 9. The molecule has 1 atom stereocenters. The van der Waals surface area contributed by atoms with Gasteiger partial charge in [0.05, 0.1) is 12.3 Å². The third-order valence-corrected chi connectivity index (χ3v) is 6.01. The third kappa shape index (κ3) is 5.81. The summed E-state index contributed by atoms with van der Waals surface area (Å²) in [6.07, 6.45) is 0. The molecule has 3 amide bonds. The third-order valence-electron chi connectivity index (χ3n) is 5.16. The number of halogens is 1. The van der Waals surface area contributed by atoms with Crippen molar-refractivity contribution in [3.63, 3.8) is 0 Å². The van der Waals surface area contributed by atoms with Crippen molar-refractivity contribution >= 4 is 40.6 Å². The SMILES string of the molecule is COCCNC(=O)[C@H](c1ccc(F)cc1)N(C(=O)c1snc(C(N)=O)c1N)c1cc(C)cc(C)c1. The van der Waals surface area contributed by atoms with E-state index in [1.165, 1.54) is 36.3 Å². The summed E-state index contributed by atoms with van der Waals surface area (Å²) in [6, 6.07) is 9.51. The van der Waals surface area contributed by atoms with Crippen molar-refractivity contribution in [2.75, 3.05) is 30.9 Å². The molecule has 35 heavy (non-hydrogen) atoms. The number of hydrogen-bond donors (Lipinski definition) is 3. The first-order valence-electron chi connectivity index (χ1n) is 10.6. The molecule has 0 aliphatic rings. The monoisotopic (exact) mass is 499 g/mol. The Labute approximate surface area is 206 Å². The van der Waals surface area contributed by atoms with Gasteiger partial charge in [0.2, 0.25) is 5.91 Å². The molecule has 1 aromatic heterocycles. The molecule has 11 heteroatoms. The average Bonchev–Trinajstić information content (AvgIpc) is 3.18. The Morgan fingerprint density at radius 3 is 2.31 bits per heavy atom. The van der Waals surface area contributed by atoms with E-state index in [1.807, 2.05) is 19.9 Å². The van der Waals surface area contributed by atoms with Crippen LogP contribution in [0.15, 0.2) is 42.5 Å². The Hall–Kier alpha value is -3.83. The fourth-order valence-electron chi connectivity index (χ4n) is 3.65. The van der Waals surface area contributed by atoms with E-state index < -0.39 is 29.6 Å². The first-order valence-corrected chi connectivity index (χ1v) is 11.4. The zero-order valence-electron chi connectivity index (χ0n) is 19.5. The van der Waals surface area contributed by atoms with Gasteiger partial charge in [-0.15, -0.1) is 0 Å². The number of nitrogen functional groups attached to an aromatic ring is 1. The van der Waals surface area contributed by atoms with E-state index in [0.29, 0.717) is 22.8 Å². The number of aromatic nitrogens is 1. The van der Waals surface area contributed by atoms with Crippen molar-refractivity contribution < 1.29 is 23.5 Å². The van der Waals surface area contributed by atoms with E-state index in [2.05, 4.69) is 9.69 Å². The van der Waals surface area contributed by atoms with E-state index >= 15 is 0 Å². The van der Waals surface area contributed by atoms with Gasteiger partial charge in [-0.3, -0.25) is 19.3 Å². The van der Waals surface area contributed by atoms with Crippen LogP contribution in [-0.2, 0) is 9.53 Å². The highest BCUT2D eigenvalue weighted by atomic mass is 32.1. The molecule has 9 nitrogen and oxygen atoms in total. The standard InChI is InChI=1S/C24H26FN5O4S/c1-13-10-14(2)12-17(11-13)30(24(33)21-18(26)19(22(27)31)29-35-21)20(23(32)28-8-9-34-3)15-4-6-16(25)7-5-15/h4-7,10-12,20H,8-9,26H2,1-3H3,(H2,27,31)(H,28,32)/t20-/m0/s1. The number of nitrogens with two attached hydrogens (primary N) is 2. The van der Waals surface area contributed by atoms with Gasteiger partial charge in [0.25, 0.3) is 11.8 Å². The minimum atomic E-state index is -1.19. The number of amides is 3. The maximum absolute atomic E-state index is 13.9. The molecule has 184 valence electrons. The maximum atomic E-state index is 13.9. The topological polar surface area (TPSA) is 141 Å². The van der Waals surface area contributed by atoms with Crippen LogP contribution >= 0.6 is 11.5 Å². The largest absolute Gasteiger partial charge is 0.395 e. The summed E-state index contributed by atoms with van der Waals surface area (Å²) in [5, 5.41) is 2.75. The normalized spacial score (nSPS) is 11.7. The number of anilines is 2. The van der Waals surface area contributed by atoms with Crippen molar-refractivity contribution in [3.8, 4) is 0 Å². The van der Waals surface area contributed by atoms with Crippen LogP contribution in [0.3, 0.4) is 0 Å². The quantitative estimate of drug-likeness (QED) is 0.387. The highest BCUT2D eigenvalue weighted by Gasteiger charge is 2.36. The summed E-state index contributed by atoms with van der Waals surface area (Å²) in [6.45, 7) is 4.16. The van der Waals surface area contributed by atoms with Crippen molar-refractivity contribution in [2.24, 2.45) is 5.73 Å². The highest BCUT2D eigenvalue weighted by molar-refractivity contribution is 7.09. The zero-order chi connectivity index (χ0) is 25.7. The number of benzene rings is 2. The van der Waals surface area contributed by atoms with Crippen molar-refractivity contribution in [1.29, 1.82) is 0 Å². The second kappa shape index (κ2) is 11.1. The fourth-order valence-corrected chi connectivity index (χ4v) is 4.39. The van der Waals surface area contributed by atoms with Gasteiger partial charge in [-0.05, 0) is 66.3 Å². The second-order valence-corrected chi connectivity index (χ2v) is 8.67. The number of nitrogens with one attached hydrogen (secondary N) is 1. The Kier molecular flexibility index (Phi) is 8.15. The van der Waals surface area contributed by atoms with Crippen molar-refractivity contribution in [1.82, 2.24) is 9.69 Å². The Balaban J connectivity index is 2.21. The smallest absolute Gasteiger partial charge is 0.273 e. The van der Waals surface area contributed by atoms with Crippen LogP contribution in [0, 0.1) is 19.7 Å². The van der Waals surface area contributed by atoms with E-state index in [1.54, 1.807) is 12.1 Å². The van der Waals surface area contributed by atoms with E-state index in [-0.39, 0.29) is 29.4 Å². The number of carbonyl (C=O) groups excluding carboxylic acids is 3. The number of carbonyl (C=O) groups is 3. The van der Waals surface area contributed by atoms with Crippen LogP contribution in [0.5, 0.6) is 0 Å². The Morgan fingerprint density at radius 1 is 1.14 bits per heavy atom. The van der Waals surface area contributed by atoms with Crippen LogP contribution in [0.1, 0.15) is 42.9 Å². The van der Waals surface area contributed by atoms with Crippen LogP contribution in [0.4, 0.5) is 15.8 Å². The summed E-state index contributed by atoms with van der Waals surface area (Å²) in [7, 11) is 1.50. The minimum absolute atomic E-state index is 0.0465. The molecule has 5 N–H and O–H groups in total. The lowest BCUT2D eigenvalue weighted by molar-refractivity contribution is -0.122. The number of aryl methyl sites for hydroxylation is 2. The van der Waals surface area contributed by atoms with Gasteiger partial charge in [-0.1, -0.05) is 18.2 Å². The second-order valence-electron chi connectivity index (χ2n) is 7.90. The lowest BCUT2D eigenvalue weighted by Crippen LogP contribution is -2.44. The van der Waals surface area contributed by atoms with Crippen molar-refractivity contribution in [3.05, 3.63) is 75.5 Å². The first-order chi connectivity index (χ1) is 16.6. The first kappa shape index (κ1) is 25.8. The average molecular weight is 500 g/mol. The molecule has 2 aromatic carbocycles. The lowest BCUT2D eigenvalue weighted by Gasteiger charge is -2.31. The molecule has 3 aromatic rings. The Bertz CT molecular complexity index is 1220. The van der Waals surface area contributed by atoms with E-state index in [4.69, 9.17) is 16.2 Å². The molecule has 0 fully saturated rings. The highest BCUT2D eigenvalue weighted by Crippen LogP contribution is 2.34. The molecule has 0 saturated heterocycles. The van der Waals surface area contributed by atoms with Gasteiger partial charge < -0.3 is 21.5 Å².